The number of aryl methyl sites for hydroxylation is 1. The first-order chi connectivity index (χ1) is 13.8. The van der Waals surface area contributed by atoms with Gasteiger partial charge in [-0.2, -0.15) is 0 Å². The molecule has 0 fully saturated rings. The van der Waals surface area contributed by atoms with E-state index in [0.29, 0.717) is 23.1 Å². The van der Waals surface area contributed by atoms with E-state index in [9.17, 15) is 4.79 Å². The summed E-state index contributed by atoms with van der Waals surface area (Å²) < 4.78 is 26.9. The Hall–Kier alpha value is -2.80. The Bertz CT molecular complexity index is 863. The minimum Gasteiger partial charge on any atom is -0.482 e. The van der Waals surface area contributed by atoms with Crippen LogP contribution < -0.4 is 14.2 Å². The molecule has 2 rings (SSSR count). The van der Waals surface area contributed by atoms with E-state index in [2.05, 4.69) is 9.72 Å². The van der Waals surface area contributed by atoms with Crippen LogP contribution in [0, 0.1) is 20.8 Å². The van der Waals surface area contributed by atoms with E-state index in [1.165, 1.54) is 7.11 Å². The highest BCUT2D eigenvalue weighted by atomic mass is 16.7. The highest BCUT2D eigenvalue weighted by Crippen LogP contribution is 2.36. The second-order valence-corrected chi connectivity index (χ2v) is 6.98. The molecule has 0 spiro atoms. The van der Waals surface area contributed by atoms with Crippen LogP contribution in [0.4, 0.5) is 0 Å². The fourth-order valence-electron chi connectivity index (χ4n) is 2.79. The number of rotatable bonds is 9. The summed E-state index contributed by atoms with van der Waals surface area (Å²) in [6.07, 6.45) is 0. The molecule has 1 heterocycles. The second kappa shape index (κ2) is 10.1. The second-order valence-electron chi connectivity index (χ2n) is 6.98. The van der Waals surface area contributed by atoms with E-state index in [0.717, 1.165) is 22.4 Å². The van der Waals surface area contributed by atoms with Crippen molar-refractivity contribution in [3.05, 3.63) is 40.6 Å². The third kappa shape index (κ3) is 5.60. The fourth-order valence-corrected chi connectivity index (χ4v) is 2.79. The molecule has 0 bridgehead atoms. The number of hydrogen-bond donors (Lipinski definition) is 0. The third-order valence-corrected chi connectivity index (χ3v) is 4.50. The van der Waals surface area contributed by atoms with Crippen LogP contribution >= 0.6 is 0 Å². The van der Waals surface area contributed by atoms with Crippen molar-refractivity contribution in [1.29, 1.82) is 0 Å². The van der Waals surface area contributed by atoms with Gasteiger partial charge in [0.25, 0.3) is 0 Å². The van der Waals surface area contributed by atoms with Crippen LogP contribution in [-0.2, 0) is 14.3 Å². The molecule has 2 aromatic rings. The number of pyridine rings is 1. The van der Waals surface area contributed by atoms with Crippen molar-refractivity contribution >= 4 is 5.97 Å². The lowest BCUT2D eigenvalue weighted by Crippen LogP contribution is -2.13. The maximum absolute atomic E-state index is 11.4. The molecule has 0 aliphatic heterocycles. The first-order valence-electron chi connectivity index (χ1n) is 9.39. The van der Waals surface area contributed by atoms with Gasteiger partial charge in [-0.25, -0.2) is 9.78 Å². The Morgan fingerprint density at radius 2 is 1.76 bits per heavy atom. The quantitative estimate of drug-likeness (QED) is 0.452. The van der Waals surface area contributed by atoms with Gasteiger partial charge in [0.15, 0.2) is 13.4 Å². The molecule has 0 saturated carbocycles. The predicted molar refractivity (Wildman–Crippen MR) is 109 cm³/mol. The van der Waals surface area contributed by atoms with Gasteiger partial charge in [-0.1, -0.05) is 13.8 Å². The predicted octanol–water partition coefficient (Wildman–Crippen LogP) is 4.46. The highest BCUT2D eigenvalue weighted by Gasteiger charge is 2.17. The summed E-state index contributed by atoms with van der Waals surface area (Å²) in [6.45, 7) is 9.89. The molecule has 0 unspecified atom stereocenters. The Balaban J connectivity index is 2.30. The van der Waals surface area contributed by atoms with Crippen LogP contribution in [0.1, 0.15) is 42.1 Å². The monoisotopic (exact) mass is 403 g/mol. The van der Waals surface area contributed by atoms with Crippen molar-refractivity contribution in [3.8, 4) is 23.1 Å². The maximum Gasteiger partial charge on any atom is 0.343 e. The molecular weight excluding hydrogens is 374 g/mol. The van der Waals surface area contributed by atoms with Crippen molar-refractivity contribution in [2.75, 3.05) is 27.6 Å². The van der Waals surface area contributed by atoms with Crippen LogP contribution in [0.5, 0.6) is 23.1 Å². The highest BCUT2D eigenvalue weighted by molar-refractivity contribution is 5.71. The molecule has 0 atom stereocenters. The van der Waals surface area contributed by atoms with Crippen LogP contribution in [0.2, 0.25) is 0 Å². The Morgan fingerprint density at radius 1 is 1.03 bits per heavy atom. The van der Waals surface area contributed by atoms with Gasteiger partial charge in [-0.3, -0.25) is 0 Å². The summed E-state index contributed by atoms with van der Waals surface area (Å²) >= 11 is 0. The molecule has 0 aliphatic carbocycles. The first-order valence-corrected chi connectivity index (χ1v) is 9.39. The smallest absolute Gasteiger partial charge is 0.343 e. The SMILES string of the molecule is COCOc1ccc(Oc2c(C)cc(OCC(=O)OC)c(C)c2C)nc1C(C)C. The normalized spacial score (nSPS) is 10.8. The zero-order valence-electron chi connectivity index (χ0n) is 18.1. The summed E-state index contributed by atoms with van der Waals surface area (Å²) in [5.74, 6) is 2.21. The van der Waals surface area contributed by atoms with E-state index < -0.39 is 5.97 Å². The molecule has 7 nitrogen and oxygen atoms in total. The molecule has 0 amide bonds. The number of carbonyl (C=O) groups excluding carboxylic acids is 1. The molecule has 0 aliphatic rings. The lowest BCUT2D eigenvalue weighted by molar-refractivity contribution is -0.142. The van der Waals surface area contributed by atoms with Crippen molar-refractivity contribution in [1.82, 2.24) is 4.98 Å². The number of methoxy groups -OCH3 is 2. The molecule has 1 aromatic carbocycles. The van der Waals surface area contributed by atoms with Crippen LogP contribution in [0.25, 0.3) is 0 Å². The van der Waals surface area contributed by atoms with Gasteiger partial charge in [0, 0.05) is 13.2 Å². The molecule has 0 saturated heterocycles. The van der Waals surface area contributed by atoms with Gasteiger partial charge in [0.05, 0.1) is 12.8 Å². The first kappa shape index (κ1) is 22.5. The van der Waals surface area contributed by atoms with Crippen molar-refractivity contribution in [2.24, 2.45) is 0 Å². The van der Waals surface area contributed by atoms with Crippen molar-refractivity contribution in [3.63, 3.8) is 0 Å². The van der Waals surface area contributed by atoms with Gasteiger partial charge in [0.1, 0.15) is 17.2 Å². The molecule has 7 heteroatoms. The van der Waals surface area contributed by atoms with E-state index >= 15 is 0 Å². The van der Waals surface area contributed by atoms with Gasteiger partial charge in [0.2, 0.25) is 5.88 Å². The van der Waals surface area contributed by atoms with Gasteiger partial charge >= 0.3 is 5.97 Å². The zero-order valence-corrected chi connectivity index (χ0v) is 18.1. The van der Waals surface area contributed by atoms with Crippen molar-refractivity contribution in [2.45, 2.75) is 40.5 Å². The molecule has 0 radical (unpaired) electrons. The van der Waals surface area contributed by atoms with Gasteiger partial charge in [-0.15, -0.1) is 0 Å². The summed E-state index contributed by atoms with van der Waals surface area (Å²) in [7, 11) is 2.91. The van der Waals surface area contributed by atoms with Crippen LogP contribution in [-0.4, -0.2) is 38.6 Å². The largest absolute Gasteiger partial charge is 0.482 e. The number of nitrogens with zero attached hydrogens (tertiary/aromatic N) is 1. The molecule has 1 aromatic heterocycles. The van der Waals surface area contributed by atoms with Gasteiger partial charge < -0.3 is 23.7 Å². The fraction of sp³-hybridized carbons (Fsp3) is 0.455. The van der Waals surface area contributed by atoms with Gasteiger partial charge in [-0.05, 0) is 55.5 Å². The summed E-state index contributed by atoms with van der Waals surface area (Å²) in [6, 6.07) is 5.45. The summed E-state index contributed by atoms with van der Waals surface area (Å²) in [5, 5.41) is 0. The summed E-state index contributed by atoms with van der Waals surface area (Å²) in [4.78, 5) is 16.0. The van der Waals surface area contributed by atoms with Crippen LogP contribution in [0.15, 0.2) is 18.2 Å². The Labute approximate surface area is 171 Å². The van der Waals surface area contributed by atoms with E-state index in [4.69, 9.17) is 18.9 Å². The zero-order chi connectivity index (χ0) is 21.6. The molecule has 158 valence electrons. The average Bonchev–Trinajstić information content (AvgIpc) is 2.71. The topological polar surface area (TPSA) is 76.1 Å². The number of aromatic nitrogens is 1. The lowest BCUT2D eigenvalue weighted by Gasteiger charge is -2.18. The van der Waals surface area contributed by atoms with E-state index in [-0.39, 0.29) is 19.3 Å². The Morgan fingerprint density at radius 3 is 2.38 bits per heavy atom. The van der Waals surface area contributed by atoms with E-state index in [1.807, 2.05) is 46.8 Å². The third-order valence-electron chi connectivity index (χ3n) is 4.50. The Kier molecular flexibility index (Phi) is 7.84. The number of benzene rings is 1. The van der Waals surface area contributed by atoms with E-state index in [1.54, 1.807) is 13.2 Å². The summed E-state index contributed by atoms with van der Waals surface area (Å²) in [5.41, 5.74) is 3.47. The average molecular weight is 403 g/mol. The number of hydrogen-bond acceptors (Lipinski definition) is 7. The number of carbonyl (C=O) groups is 1. The van der Waals surface area contributed by atoms with Crippen molar-refractivity contribution < 1.29 is 28.5 Å². The molecule has 29 heavy (non-hydrogen) atoms. The maximum atomic E-state index is 11.4. The minimum atomic E-state index is -0.429. The number of ether oxygens (including phenoxy) is 5. The standard InChI is InChI=1S/C22H29NO6/c1-13(2)21-17(28-12-25-6)8-9-19(23-21)29-22-14(3)10-18(15(4)16(22)5)27-11-20(24)26-7/h8-10,13H,11-12H2,1-7H3. The number of esters is 1. The molecular formula is C22H29NO6. The molecule has 0 N–H and O–H groups in total. The minimum absolute atomic E-state index is 0.140. The van der Waals surface area contributed by atoms with Crippen LogP contribution in [0.3, 0.4) is 0 Å². The lowest BCUT2D eigenvalue weighted by atomic mass is 10.0.